The fourth-order valence-electron chi connectivity index (χ4n) is 1.75. The lowest BCUT2D eigenvalue weighted by atomic mass is 10.1. The number of amides is 1. The molecule has 0 atom stereocenters. The van der Waals surface area contributed by atoms with E-state index in [1.807, 2.05) is 24.4 Å². The van der Waals surface area contributed by atoms with Crippen molar-refractivity contribution in [3.63, 3.8) is 0 Å². The molecule has 1 amide bonds. The van der Waals surface area contributed by atoms with Gasteiger partial charge in [-0.15, -0.1) is 11.3 Å². The van der Waals surface area contributed by atoms with Crippen LogP contribution in [0.25, 0.3) is 6.08 Å². The number of halogens is 1. The fourth-order valence-corrected chi connectivity index (χ4v) is 2.57. The molecule has 1 N–H and O–H groups in total. The van der Waals surface area contributed by atoms with Crippen molar-refractivity contribution in [2.75, 3.05) is 6.54 Å². The second kappa shape index (κ2) is 7.01. The van der Waals surface area contributed by atoms with Crippen molar-refractivity contribution in [2.45, 2.75) is 13.3 Å². The highest BCUT2D eigenvalue weighted by Crippen LogP contribution is 2.16. The van der Waals surface area contributed by atoms with Gasteiger partial charge in [0.1, 0.15) is 5.82 Å². The summed E-state index contributed by atoms with van der Waals surface area (Å²) in [7, 11) is 0. The molecule has 0 aliphatic carbocycles. The predicted molar refractivity (Wildman–Crippen MR) is 81.2 cm³/mol. The van der Waals surface area contributed by atoms with Crippen LogP contribution in [0.4, 0.5) is 4.39 Å². The number of carbonyl (C=O) groups is 1. The van der Waals surface area contributed by atoms with E-state index in [-0.39, 0.29) is 11.7 Å². The maximum atomic E-state index is 12.7. The minimum atomic E-state index is -0.243. The van der Waals surface area contributed by atoms with Crippen LogP contribution < -0.4 is 5.32 Å². The molecule has 2 rings (SSSR count). The Kier molecular flexibility index (Phi) is 5.07. The van der Waals surface area contributed by atoms with Gasteiger partial charge in [-0.2, -0.15) is 0 Å². The first-order valence-corrected chi connectivity index (χ1v) is 7.27. The quantitative estimate of drug-likeness (QED) is 0.838. The molecule has 0 aliphatic rings. The van der Waals surface area contributed by atoms with Crippen molar-refractivity contribution in [1.82, 2.24) is 5.32 Å². The SMILES string of the molecule is Cc1ccsc1/C=C/C(=O)NCCc1ccc(F)cc1. The lowest BCUT2D eigenvalue weighted by Crippen LogP contribution is -2.23. The Morgan fingerprint density at radius 2 is 2.05 bits per heavy atom. The molecular formula is C16H16FNOS. The Bertz CT molecular complexity index is 601. The molecule has 2 nitrogen and oxygen atoms in total. The van der Waals surface area contributed by atoms with Gasteiger partial charge in [-0.1, -0.05) is 12.1 Å². The van der Waals surface area contributed by atoms with Gasteiger partial charge < -0.3 is 5.32 Å². The van der Waals surface area contributed by atoms with E-state index >= 15 is 0 Å². The monoisotopic (exact) mass is 289 g/mol. The van der Waals surface area contributed by atoms with Crippen LogP contribution >= 0.6 is 11.3 Å². The zero-order valence-corrected chi connectivity index (χ0v) is 12.0. The van der Waals surface area contributed by atoms with Crippen molar-refractivity contribution in [1.29, 1.82) is 0 Å². The van der Waals surface area contributed by atoms with Crippen molar-refractivity contribution in [3.8, 4) is 0 Å². The van der Waals surface area contributed by atoms with Crippen molar-refractivity contribution < 1.29 is 9.18 Å². The Labute approximate surface area is 122 Å². The van der Waals surface area contributed by atoms with E-state index in [9.17, 15) is 9.18 Å². The average Bonchev–Trinajstić information content (AvgIpc) is 2.84. The summed E-state index contributed by atoms with van der Waals surface area (Å²) in [6.45, 7) is 2.56. The molecule has 0 fully saturated rings. The zero-order chi connectivity index (χ0) is 14.4. The first-order valence-electron chi connectivity index (χ1n) is 6.39. The Morgan fingerprint density at radius 3 is 2.70 bits per heavy atom. The fraction of sp³-hybridized carbons (Fsp3) is 0.188. The first kappa shape index (κ1) is 14.5. The van der Waals surface area contributed by atoms with Gasteiger partial charge in [0.15, 0.2) is 0 Å². The first-order chi connectivity index (χ1) is 9.65. The Hall–Kier alpha value is -1.94. The van der Waals surface area contributed by atoms with Crippen LogP contribution in [0, 0.1) is 12.7 Å². The standard InChI is InChI=1S/C16H16FNOS/c1-12-9-11-20-15(12)6-7-16(19)18-10-8-13-2-4-14(17)5-3-13/h2-7,9,11H,8,10H2,1H3,(H,18,19)/b7-6+. The Morgan fingerprint density at radius 1 is 1.30 bits per heavy atom. The largest absolute Gasteiger partial charge is 0.352 e. The third-order valence-electron chi connectivity index (χ3n) is 2.91. The molecule has 0 aliphatic heterocycles. The molecule has 104 valence electrons. The van der Waals surface area contributed by atoms with Crippen LogP contribution in [0.15, 0.2) is 41.8 Å². The summed E-state index contributed by atoms with van der Waals surface area (Å²) in [5, 5.41) is 4.81. The van der Waals surface area contributed by atoms with Crippen LogP contribution in [0.5, 0.6) is 0 Å². The molecule has 1 aromatic heterocycles. The smallest absolute Gasteiger partial charge is 0.244 e. The van der Waals surface area contributed by atoms with Gasteiger partial charge in [-0.25, -0.2) is 4.39 Å². The van der Waals surface area contributed by atoms with Gasteiger partial charge in [0, 0.05) is 17.5 Å². The summed E-state index contributed by atoms with van der Waals surface area (Å²) in [6.07, 6.45) is 4.06. The summed E-state index contributed by atoms with van der Waals surface area (Å²) in [5.41, 5.74) is 2.18. The van der Waals surface area contributed by atoms with Crippen LogP contribution in [0.2, 0.25) is 0 Å². The maximum Gasteiger partial charge on any atom is 0.244 e. The highest BCUT2D eigenvalue weighted by Gasteiger charge is 1.99. The van der Waals surface area contributed by atoms with E-state index in [1.165, 1.54) is 17.7 Å². The van der Waals surface area contributed by atoms with Gasteiger partial charge in [0.2, 0.25) is 5.91 Å². The Balaban J connectivity index is 1.77. The van der Waals surface area contributed by atoms with Crippen molar-refractivity contribution in [2.24, 2.45) is 0 Å². The molecule has 0 saturated carbocycles. The summed E-state index contributed by atoms with van der Waals surface area (Å²) in [5.74, 6) is -0.355. The predicted octanol–water partition coefficient (Wildman–Crippen LogP) is 3.57. The van der Waals surface area contributed by atoms with E-state index in [2.05, 4.69) is 5.32 Å². The number of thiophene rings is 1. The van der Waals surface area contributed by atoms with Crippen LogP contribution in [-0.2, 0) is 11.2 Å². The molecular weight excluding hydrogens is 273 g/mol. The third kappa shape index (κ3) is 4.31. The number of aryl methyl sites for hydroxylation is 1. The van der Waals surface area contributed by atoms with Crippen LogP contribution in [0.3, 0.4) is 0 Å². The third-order valence-corrected chi connectivity index (χ3v) is 3.90. The number of rotatable bonds is 5. The molecule has 0 bridgehead atoms. The number of hydrogen-bond donors (Lipinski definition) is 1. The average molecular weight is 289 g/mol. The summed E-state index contributed by atoms with van der Waals surface area (Å²) in [4.78, 5) is 12.7. The van der Waals surface area contributed by atoms with Gasteiger partial charge in [-0.05, 0) is 54.1 Å². The second-order valence-corrected chi connectivity index (χ2v) is 5.42. The molecule has 0 unspecified atom stereocenters. The molecule has 20 heavy (non-hydrogen) atoms. The number of carbonyl (C=O) groups excluding carboxylic acids is 1. The van der Waals surface area contributed by atoms with Crippen LogP contribution in [-0.4, -0.2) is 12.5 Å². The minimum Gasteiger partial charge on any atom is -0.352 e. The van der Waals surface area contributed by atoms with Gasteiger partial charge >= 0.3 is 0 Å². The van der Waals surface area contributed by atoms with Crippen molar-refractivity contribution >= 4 is 23.3 Å². The molecule has 2 aromatic rings. The van der Waals surface area contributed by atoms with Crippen LogP contribution in [0.1, 0.15) is 16.0 Å². The van der Waals surface area contributed by atoms with E-state index in [1.54, 1.807) is 29.5 Å². The highest BCUT2D eigenvalue weighted by atomic mass is 32.1. The van der Waals surface area contributed by atoms with Gasteiger partial charge in [0.05, 0.1) is 0 Å². The second-order valence-electron chi connectivity index (χ2n) is 4.47. The summed E-state index contributed by atoms with van der Waals surface area (Å²) >= 11 is 1.61. The van der Waals surface area contributed by atoms with Gasteiger partial charge in [-0.3, -0.25) is 4.79 Å². The minimum absolute atomic E-state index is 0.111. The lowest BCUT2D eigenvalue weighted by molar-refractivity contribution is -0.116. The van der Waals surface area contributed by atoms with Gasteiger partial charge in [0.25, 0.3) is 0 Å². The number of nitrogens with one attached hydrogen (secondary N) is 1. The lowest BCUT2D eigenvalue weighted by Gasteiger charge is -2.02. The molecule has 1 heterocycles. The summed E-state index contributed by atoms with van der Waals surface area (Å²) in [6, 6.07) is 8.34. The topological polar surface area (TPSA) is 29.1 Å². The molecule has 1 aromatic carbocycles. The normalized spacial score (nSPS) is 10.9. The summed E-state index contributed by atoms with van der Waals surface area (Å²) < 4.78 is 12.7. The molecule has 0 spiro atoms. The molecule has 0 saturated heterocycles. The van der Waals surface area contributed by atoms with E-state index < -0.39 is 0 Å². The zero-order valence-electron chi connectivity index (χ0n) is 11.2. The van der Waals surface area contributed by atoms with E-state index in [4.69, 9.17) is 0 Å². The number of benzene rings is 1. The number of hydrogen-bond acceptors (Lipinski definition) is 2. The molecule has 0 radical (unpaired) electrons. The van der Waals surface area contributed by atoms with Crippen molar-refractivity contribution in [3.05, 3.63) is 63.6 Å². The van der Waals surface area contributed by atoms with E-state index in [0.29, 0.717) is 13.0 Å². The molecule has 4 heteroatoms. The highest BCUT2D eigenvalue weighted by molar-refractivity contribution is 7.11. The van der Waals surface area contributed by atoms with E-state index in [0.717, 1.165) is 10.4 Å². The maximum absolute atomic E-state index is 12.7.